The van der Waals surface area contributed by atoms with Gasteiger partial charge in [-0.25, -0.2) is 4.79 Å². The van der Waals surface area contributed by atoms with Gasteiger partial charge >= 0.3 is 6.09 Å². The summed E-state index contributed by atoms with van der Waals surface area (Å²) in [6.45, 7) is 10.7. The quantitative estimate of drug-likeness (QED) is 0.364. The van der Waals surface area contributed by atoms with Crippen LogP contribution >= 0.6 is 0 Å². The number of nitrogens with one attached hydrogen (secondary N) is 2. The van der Waals surface area contributed by atoms with E-state index in [0.29, 0.717) is 17.7 Å². The smallest absolute Gasteiger partial charge is 0.408 e. The van der Waals surface area contributed by atoms with Gasteiger partial charge in [0.25, 0.3) is 11.8 Å². The molecule has 0 radical (unpaired) electrons. The molecule has 0 saturated heterocycles. The van der Waals surface area contributed by atoms with E-state index < -0.39 is 35.6 Å². The topological polar surface area (TPSA) is 108 Å². The number of benzene rings is 2. The Kier molecular flexibility index (Phi) is 9.51. The third-order valence-corrected chi connectivity index (χ3v) is 5.65. The van der Waals surface area contributed by atoms with Crippen LogP contribution in [0.25, 0.3) is 0 Å². The lowest BCUT2D eigenvalue weighted by Gasteiger charge is -2.32. The molecule has 0 aliphatic carbocycles. The van der Waals surface area contributed by atoms with Crippen LogP contribution in [-0.2, 0) is 14.3 Å². The van der Waals surface area contributed by atoms with E-state index in [9.17, 15) is 19.5 Å². The average molecular weight is 494 g/mol. The molecule has 3 unspecified atom stereocenters. The summed E-state index contributed by atoms with van der Waals surface area (Å²) in [4.78, 5) is 40.8. The van der Waals surface area contributed by atoms with Crippen molar-refractivity contribution in [3.8, 4) is 18.2 Å². The van der Waals surface area contributed by atoms with Crippen molar-refractivity contribution in [1.82, 2.24) is 10.2 Å². The molecule has 0 saturated carbocycles. The summed E-state index contributed by atoms with van der Waals surface area (Å²) in [6, 6.07) is 13.2. The summed E-state index contributed by atoms with van der Waals surface area (Å²) in [5.41, 5.74) is 1.03. The van der Waals surface area contributed by atoms with Crippen LogP contribution in [0.1, 0.15) is 58.2 Å². The average Bonchev–Trinajstić information content (AvgIpc) is 2.81. The monoisotopic (exact) mass is 493 g/mol. The third kappa shape index (κ3) is 7.51. The zero-order valence-electron chi connectivity index (χ0n) is 21.7. The molecule has 2 rings (SSSR count). The molecular weight excluding hydrogens is 458 g/mol. The molecule has 0 bridgehead atoms. The zero-order valence-corrected chi connectivity index (χ0v) is 21.7. The maximum absolute atomic E-state index is 13.8. The summed E-state index contributed by atoms with van der Waals surface area (Å²) in [5, 5.41) is 15.2. The van der Waals surface area contributed by atoms with Crippen molar-refractivity contribution in [2.45, 2.75) is 65.6 Å². The number of alkyl carbamates (subject to hydrolysis) is 1. The third-order valence-electron chi connectivity index (χ3n) is 5.65. The number of phenolic OH excluding ortho intramolecular Hbond substituents is 1. The number of phenols is 1. The standard InChI is InChI=1S/C28H35N3O5/c1-8-18(3)23(30-27(35)36-28(5,6)7)26(34)31(9-2)24(20-14-16-21(32)17-15-20)25(33)29-22-13-11-10-12-19(22)4/h2,10-18,23-24,32H,8H2,1,3-7H3,(H,29,33)(H,30,35). The lowest BCUT2D eigenvalue weighted by molar-refractivity contribution is -0.137. The highest BCUT2D eigenvalue weighted by Crippen LogP contribution is 2.27. The molecule has 0 aliphatic heterocycles. The summed E-state index contributed by atoms with van der Waals surface area (Å²) in [6.07, 6.45) is 5.60. The van der Waals surface area contributed by atoms with E-state index in [1.165, 1.54) is 24.3 Å². The van der Waals surface area contributed by atoms with Crippen LogP contribution in [0.15, 0.2) is 48.5 Å². The summed E-state index contributed by atoms with van der Waals surface area (Å²) >= 11 is 0. The molecule has 3 amide bonds. The van der Waals surface area contributed by atoms with Gasteiger partial charge in [0.05, 0.1) is 0 Å². The lowest BCUT2D eigenvalue weighted by atomic mass is 9.96. The van der Waals surface area contributed by atoms with Gasteiger partial charge in [-0.3, -0.25) is 14.5 Å². The van der Waals surface area contributed by atoms with E-state index in [2.05, 4.69) is 16.7 Å². The van der Waals surface area contributed by atoms with Gasteiger partial charge in [0.2, 0.25) is 0 Å². The van der Waals surface area contributed by atoms with Gasteiger partial charge in [-0.05, 0) is 62.9 Å². The van der Waals surface area contributed by atoms with Crippen molar-refractivity contribution in [3.63, 3.8) is 0 Å². The predicted molar refractivity (Wildman–Crippen MR) is 139 cm³/mol. The second kappa shape index (κ2) is 12.1. The number of carbonyl (C=O) groups is 3. The first-order valence-electron chi connectivity index (χ1n) is 11.8. The highest BCUT2D eigenvalue weighted by atomic mass is 16.6. The van der Waals surface area contributed by atoms with Crippen molar-refractivity contribution < 1.29 is 24.2 Å². The first-order chi connectivity index (χ1) is 16.9. The molecule has 0 fully saturated rings. The molecule has 0 heterocycles. The normalized spacial score (nSPS) is 13.5. The number of hydrogen-bond acceptors (Lipinski definition) is 5. The molecule has 8 nitrogen and oxygen atoms in total. The van der Waals surface area contributed by atoms with Crippen LogP contribution in [0.5, 0.6) is 5.75 Å². The van der Waals surface area contributed by atoms with Crippen molar-refractivity contribution in [1.29, 1.82) is 0 Å². The van der Waals surface area contributed by atoms with E-state index in [1.54, 1.807) is 39.8 Å². The highest BCUT2D eigenvalue weighted by molar-refractivity contribution is 6.00. The Labute approximate surface area is 213 Å². The predicted octanol–water partition coefficient (Wildman–Crippen LogP) is 4.74. The van der Waals surface area contributed by atoms with E-state index in [1.807, 2.05) is 26.0 Å². The number of aromatic hydroxyl groups is 1. The van der Waals surface area contributed by atoms with Gasteiger partial charge in [0.15, 0.2) is 0 Å². The molecule has 2 aromatic rings. The largest absolute Gasteiger partial charge is 0.508 e. The minimum atomic E-state index is -1.23. The van der Waals surface area contributed by atoms with Gasteiger partial charge in [-0.1, -0.05) is 57.0 Å². The fourth-order valence-corrected chi connectivity index (χ4v) is 3.52. The number of amides is 3. The maximum Gasteiger partial charge on any atom is 0.408 e. The van der Waals surface area contributed by atoms with Gasteiger partial charge in [-0.2, -0.15) is 0 Å². The van der Waals surface area contributed by atoms with Crippen LogP contribution < -0.4 is 10.6 Å². The second-order valence-corrected chi connectivity index (χ2v) is 9.65. The number of aryl methyl sites for hydroxylation is 1. The lowest BCUT2D eigenvalue weighted by Crippen LogP contribution is -2.53. The maximum atomic E-state index is 13.8. The molecule has 0 aliphatic rings. The second-order valence-electron chi connectivity index (χ2n) is 9.65. The van der Waals surface area contributed by atoms with E-state index >= 15 is 0 Å². The fraction of sp³-hybridized carbons (Fsp3) is 0.393. The molecular formula is C28H35N3O5. The van der Waals surface area contributed by atoms with Gasteiger partial charge < -0.3 is 20.5 Å². The first-order valence-corrected chi connectivity index (χ1v) is 11.8. The number of nitrogens with zero attached hydrogens (tertiary/aromatic N) is 1. The summed E-state index contributed by atoms with van der Waals surface area (Å²) < 4.78 is 5.34. The Morgan fingerprint density at radius 2 is 1.72 bits per heavy atom. The molecule has 192 valence electrons. The SMILES string of the molecule is C#CN(C(=O)C(NC(=O)OC(C)(C)C)C(C)CC)C(C(=O)Nc1ccccc1C)c1ccc(O)cc1. The van der Waals surface area contributed by atoms with Gasteiger partial charge in [-0.15, -0.1) is 0 Å². The zero-order chi connectivity index (χ0) is 27.0. The van der Waals surface area contributed by atoms with Crippen LogP contribution in [0.2, 0.25) is 0 Å². The van der Waals surface area contributed by atoms with Crippen molar-refractivity contribution in [3.05, 3.63) is 59.7 Å². The number of ether oxygens (including phenoxy) is 1. The Bertz CT molecular complexity index is 1120. The van der Waals surface area contributed by atoms with Gasteiger partial charge in [0, 0.05) is 11.7 Å². The molecule has 3 atom stereocenters. The van der Waals surface area contributed by atoms with Gasteiger partial charge in [0.1, 0.15) is 23.4 Å². The Hall–Kier alpha value is -3.99. The van der Waals surface area contributed by atoms with Crippen LogP contribution in [0, 0.1) is 25.3 Å². The summed E-state index contributed by atoms with van der Waals surface area (Å²) in [5.74, 6) is -1.47. The number of terminal acetylenes is 1. The van der Waals surface area contributed by atoms with E-state index in [4.69, 9.17) is 11.2 Å². The summed E-state index contributed by atoms with van der Waals surface area (Å²) in [7, 11) is 0. The minimum Gasteiger partial charge on any atom is -0.508 e. The van der Waals surface area contributed by atoms with Crippen molar-refractivity contribution >= 4 is 23.6 Å². The van der Waals surface area contributed by atoms with E-state index in [0.717, 1.165) is 10.5 Å². The first kappa shape index (κ1) is 28.2. The van der Waals surface area contributed by atoms with E-state index in [-0.39, 0.29) is 11.7 Å². The fourth-order valence-electron chi connectivity index (χ4n) is 3.52. The van der Waals surface area contributed by atoms with Crippen molar-refractivity contribution in [2.75, 3.05) is 5.32 Å². The Morgan fingerprint density at radius 1 is 1.11 bits per heavy atom. The number of rotatable bonds is 8. The molecule has 8 heteroatoms. The van der Waals surface area contributed by atoms with Crippen LogP contribution in [-0.4, -0.2) is 39.6 Å². The highest BCUT2D eigenvalue weighted by Gasteiger charge is 2.38. The van der Waals surface area contributed by atoms with Crippen LogP contribution in [0.3, 0.4) is 0 Å². The van der Waals surface area contributed by atoms with Crippen molar-refractivity contribution in [2.24, 2.45) is 5.92 Å². The molecule has 36 heavy (non-hydrogen) atoms. The number of carbonyl (C=O) groups excluding carboxylic acids is 3. The minimum absolute atomic E-state index is 0.000490. The molecule has 0 spiro atoms. The molecule has 3 N–H and O–H groups in total. The Balaban J connectivity index is 2.48. The Morgan fingerprint density at radius 3 is 2.25 bits per heavy atom. The number of para-hydroxylation sites is 1. The molecule has 2 aromatic carbocycles. The number of hydrogen-bond donors (Lipinski definition) is 3. The van der Waals surface area contributed by atoms with Crippen LogP contribution in [0.4, 0.5) is 10.5 Å². The molecule has 0 aromatic heterocycles. The number of anilines is 1.